The van der Waals surface area contributed by atoms with E-state index in [0.717, 1.165) is 0 Å². The van der Waals surface area contributed by atoms with Crippen LogP contribution in [0.3, 0.4) is 0 Å². The van der Waals surface area contributed by atoms with Gasteiger partial charge in [-0.05, 0) is 18.2 Å². The quantitative estimate of drug-likeness (QED) is 0.900. The summed E-state index contributed by atoms with van der Waals surface area (Å²) in [6.45, 7) is 0. The van der Waals surface area contributed by atoms with Gasteiger partial charge >= 0.3 is 0 Å². The van der Waals surface area contributed by atoms with Gasteiger partial charge in [-0.2, -0.15) is 5.26 Å². The number of nitriles is 1. The molecule has 0 aliphatic heterocycles. The van der Waals surface area contributed by atoms with Gasteiger partial charge in [-0.3, -0.25) is 0 Å². The van der Waals surface area contributed by atoms with E-state index in [1.54, 1.807) is 25.2 Å². The maximum Gasteiger partial charge on any atom is 0.204 e. The summed E-state index contributed by atoms with van der Waals surface area (Å²) in [5.41, 5.74) is 1.01. The molecular weight excluding hydrogens is 278 g/mol. The van der Waals surface area contributed by atoms with Crippen molar-refractivity contribution in [2.45, 2.75) is 0 Å². The summed E-state index contributed by atoms with van der Waals surface area (Å²) in [6, 6.07) is 7.03. The first-order valence-corrected chi connectivity index (χ1v) is 6.10. The molecule has 0 fully saturated rings. The molecule has 0 unspecified atom stereocenters. The van der Waals surface area contributed by atoms with Gasteiger partial charge in [0.05, 0.1) is 18.4 Å². The van der Waals surface area contributed by atoms with Gasteiger partial charge in [0.2, 0.25) is 5.75 Å². The summed E-state index contributed by atoms with van der Waals surface area (Å²) < 4.78 is 5.28. The molecule has 1 aromatic heterocycles. The number of benzene rings is 1. The highest BCUT2D eigenvalue weighted by Gasteiger charge is 2.13. The van der Waals surface area contributed by atoms with Gasteiger partial charge in [-0.1, -0.05) is 11.6 Å². The number of rotatable bonds is 4. The Hall–Kier alpha value is -2.52. The van der Waals surface area contributed by atoms with E-state index in [1.165, 1.54) is 13.4 Å². The number of nitrogens with zero attached hydrogens (tertiary/aromatic N) is 3. The van der Waals surface area contributed by atoms with Crippen molar-refractivity contribution in [2.24, 2.45) is 0 Å². The third-order valence-corrected chi connectivity index (χ3v) is 2.83. The summed E-state index contributed by atoms with van der Waals surface area (Å²) in [5.74, 6) is 1.45. The van der Waals surface area contributed by atoms with Gasteiger partial charge in [0, 0.05) is 12.1 Å². The second-order valence-electron chi connectivity index (χ2n) is 3.78. The van der Waals surface area contributed by atoms with Gasteiger partial charge in [0.15, 0.2) is 11.6 Å². The van der Waals surface area contributed by atoms with E-state index in [4.69, 9.17) is 21.6 Å². The van der Waals surface area contributed by atoms with Crippen molar-refractivity contribution in [3.8, 4) is 11.8 Å². The smallest absolute Gasteiger partial charge is 0.204 e. The third kappa shape index (κ3) is 2.73. The van der Waals surface area contributed by atoms with Crippen LogP contribution in [0.15, 0.2) is 24.5 Å². The van der Waals surface area contributed by atoms with Crippen LogP contribution in [0, 0.1) is 11.3 Å². The number of hydrogen-bond acceptors (Lipinski definition) is 6. The Bertz CT molecular complexity index is 668. The Labute approximate surface area is 121 Å². The number of ether oxygens (including phenoxy) is 1. The highest BCUT2D eigenvalue weighted by atomic mass is 35.5. The number of aromatic nitrogens is 2. The van der Waals surface area contributed by atoms with Crippen molar-refractivity contribution >= 4 is 28.9 Å². The first-order chi connectivity index (χ1) is 9.69. The predicted octanol–water partition coefficient (Wildman–Crippen LogP) is 2.80. The summed E-state index contributed by atoms with van der Waals surface area (Å²) in [7, 11) is 3.25. The molecule has 0 spiro atoms. The molecule has 2 N–H and O–H groups in total. The lowest BCUT2D eigenvalue weighted by atomic mass is 10.2. The molecular formula is C13H12ClN5O. The predicted molar refractivity (Wildman–Crippen MR) is 77.6 cm³/mol. The maximum absolute atomic E-state index is 9.11. The Kier molecular flexibility index (Phi) is 4.23. The van der Waals surface area contributed by atoms with Gasteiger partial charge in [-0.15, -0.1) is 0 Å². The Morgan fingerprint density at radius 1 is 1.30 bits per heavy atom. The first-order valence-electron chi connectivity index (χ1n) is 5.73. The topological polar surface area (TPSA) is 82.9 Å². The van der Waals surface area contributed by atoms with Crippen molar-refractivity contribution in [3.63, 3.8) is 0 Å². The molecule has 102 valence electrons. The fourth-order valence-electron chi connectivity index (χ4n) is 1.68. The third-order valence-electron chi connectivity index (χ3n) is 2.60. The molecule has 0 bridgehead atoms. The summed E-state index contributed by atoms with van der Waals surface area (Å²) in [5, 5.41) is 15.6. The number of anilines is 3. The molecule has 2 rings (SSSR count). The molecule has 0 aliphatic rings. The molecule has 1 heterocycles. The van der Waals surface area contributed by atoms with Crippen LogP contribution in [0.4, 0.5) is 17.3 Å². The lowest BCUT2D eigenvalue weighted by molar-refractivity contribution is 0.415. The van der Waals surface area contributed by atoms with E-state index < -0.39 is 0 Å². The zero-order valence-electron chi connectivity index (χ0n) is 10.9. The van der Waals surface area contributed by atoms with E-state index in [2.05, 4.69) is 26.7 Å². The largest absolute Gasteiger partial charge is 0.490 e. The fraction of sp³-hybridized carbons (Fsp3) is 0.154. The molecule has 0 radical (unpaired) electrons. The average molecular weight is 290 g/mol. The van der Waals surface area contributed by atoms with Crippen LogP contribution in [0.5, 0.6) is 5.75 Å². The van der Waals surface area contributed by atoms with Crippen LogP contribution < -0.4 is 15.4 Å². The van der Waals surface area contributed by atoms with Crippen molar-refractivity contribution in [1.29, 1.82) is 5.26 Å². The summed E-state index contributed by atoms with van der Waals surface area (Å²) >= 11 is 5.95. The monoisotopic (exact) mass is 289 g/mol. The SMILES string of the molecule is CNc1ncnc(Nc2cc(Cl)ccc2C#N)c1OC. The Balaban J connectivity index is 2.45. The zero-order valence-corrected chi connectivity index (χ0v) is 11.7. The number of nitrogens with one attached hydrogen (secondary N) is 2. The van der Waals surface area contributed by atoms with Crippen LogP contribution in [0.25, 0.3) is 0 Å². The van der Waals surface area contributed by atoms with Crippen LogP contribution in [0.2, 0.25) is 5.02 Å². The molecule has 2 aromatic rings. The number of methoxy groups -OCH3 is 1. The van der Waals surface area contributed by atoms with E-state index in [0.29, 0.717) is 33.7 Å². The zero-order chi connectivity index (χ0) is 14.5. The fourth-order valence-corrected chi connectivity index (χ4v) is 1.85. The molecule has 0 saturated heterocycles. The minimum Gasteiger partial charge on any atom is -0.490 e. The standard InChI is InChI=1S/C13H12ClN5O/c1-16-12-11(20-2)13(18-7-17-12)19-10-5-9(14)4-3-8(10)6-15/h3-5,7H,1-2H3,(H2,16,17,18,19). The van der Waals surface area contributed by atoms with Crippen molar-refractivity contribution in [2.75, 3.05) is 24.8 Å². The van der Waals surface area contributed by atoms with E-state index in [1.807, 2.05) is 0 Å². The number of hydrogen-bond donors (Lipinski definition) is 2. The summed E-state index contributed by atoms with van der Waals surface area (Å²) in [4.78, 5) is 8.17. The van der Waals surface area contributed by atoms with Crippen LogP contribution in [-0.2, 0) is 0 Å². The van der Waals surface area contributed by atoms with Crippen LogP contribution in [0.1, 0.15) is 5.56 Å². The van der Waals surface area contributed by atoms with E-state index in [-0.39, 0.29) is 0 Å². The van der Waals surface area contributed by atoms with Crippen LogP contribution >= 0.6 is 11.6 Å². The molecule has 0 amide bonds. The van der Waals surface area contributed by atoms with Crippen LogP contribution in [-0.4, -0.2) is 24.1 Å². The van der Waals surface area contributed by atoms with Crippen molar-refractivity contribution in [3.05, 3.63) is 35.1 Å². The average Bonchev–Trinajstić information content (AvgIpc) is 2.47. The molecule has 1 aromatic carbocycles. The highest BCUT2D eigenvalue weighted by Crippen LogP contribution is 2.32. The highest BCUT2D eigenvalue weighted by molar-refractivity contribution is 6.30. The van der Waals surface area contributed by atoms with Crippen molar-refractivity contribution in [1.82, 2.24) is 9.97 Å². The number of halogens is 1. The molecule has 20 heavy (non-hydrogen) atoms. The lowest BCUT2D eigenvalue weighted by Gasteiger charge is -2.13. The van der Waals surface area contributed by atoms with Gasteiger partial charge in [-0.25, -0.2) is 9.97 Å². The summed E-state index contributed by atoms with van der Waals surface area (Å²) in [6.07, 6.45) is 1.40. The second kappa shape index (κ2) is 6.08. The molecule has 0 aliphatic carbocycles. The Morgan fingerprint density at radius 2 is 2.05 bits per heavy atom. The van der Waals surface area contributed by atoms with Gasteiger partial charge in [0.1, 0.15) is 12.4 Å². The molecule has 0 saturated carbocycles. The van der Waals surface area contributed by atoms with Crippen molar-refractivity contribution < 1.29 is 4.74 Å². The second-order valence-corrected chi connectivity index (χ2v) is 4.22. The lowest BCUT2D eigenvalue weighted by Crippen LogP contribution is -2.04. The molecule has 6 nitrogen and oxygen atoms in total. The molecule has 0 atom stereocenters. The van der Waals surface area contributed by atoms with Gasteiger partial charge in [0.25, 0.3) is 0 Å². The normalized spacial score (nSPS) is 9.70. The first kappa shape index (κ1) is 13.9. The Morgan fingerprint density at radius 3 is 2.70 bits per heavy atom. The maximum atomic E-state index is 9.11. The van der Waals surface area contributed by atoms with E-state index in [9.17, 15) is 0 Å². The minimum atomic E-state index is 0.450. The minimum absolute atomic E-state index is 0.450. The molecule has 7 heteroatoms. The van der Waals surface area contributed by atoms with E-state index >= 15 is 0 Å². The van der Waals surface area contributed by atoms with Gasteiger partial charge < -0.3 is 15.4 Å².